The summed E-state index contributed by atoms with van der Waals surface area (Å²) in [5.74, 6) is -1.07. The van der Waals surface area contributed by atoms with Gasteiger partial charge in [-0.2, -0.15) is 0 Å². The maximum absolute atomic E-state index is 11.6. The van der Waals surface area contributed by atoms with Crippen molar-refractivity contribution in [3.63, 3.8) is 0 Å². The summed E-state index contributed by atoms with van der Waals surface area (Å²) in [6.45, 7) is 2.91. The highest BCUT2D eigenvalue weighted by atomic mass is 16.4. The molecule has 1 aliphatic rings. The zero-order valence-electron chi connectivity index (χ0n) is 9.61. The molecule has 1 rings (SSSR count). The van der Waals surface area contributed by atoms with Crippen LogP contribution in [0.5, 0.6) is 0 Å². The van der Waals surface area contributed by atoms with Crippen LogP contribution >= 0.6 is 0 Å². The topological polar surface area (TPSA) is 77.8 Å². The molecule has 0 aromatic heterocycles. The molecule has 0 radical (unpaired) electrons. The van der Waals surface area contributed by atoms with E-state index in [1.165, 1.54) is 0 Å². The Hall–Kier alpha value is -1.10. The molecule has 0 aliphatic carbocycles. The molecule has 5 nitrogen and oxygen atoms in total. The van der Waals surface area contributed by atoms with E-state index in [4.69, 9.17) is 5.11 Å². The Morgan fingerprint density at radius 1 is 1.25 bits per heavy atom. The van der Waals surface area contributed by atoms with E-state index < -0.39 is 11.6 Å². The van der Waals surface area contributed by atoms with E-state index in [0.717, 1.165) is 6.42 Å². The zero-order chi connectivity index (χ0) is 12.2. The maximum Gasteiger partial charge on any atom is 0.303 e. The molecule has 0 saturated carbocycles. The molecule has 0 spiro atoms. The van der Waals surface area contributed by atoms with E-state index in [-0.39, 0.29) is 18.7 Å². The Labute approximate surface area is 95.1 Å². The van der Waals surface area contributed by atoms with Crippen molar-refractivity contribution in [1.29, 1.82) is 0 Å². The number of rotatable bonds is 3. The van der Waals surface area contributed by atoms with E-state index in [1.807, 2.05) is 0 Å². The molecule has 1 atom stereocenters. The van der Waals surface area contributed by atoms with Crippen molar-refractivity contribution in [2.24, 2.45) is 0 Å². The van der Waals surface area contributed by atoms with Crippen LogP contribution in [0.1, 0.15) is 39.0 Å². The summed E-state index contributed by atoms with van der Waals surface area (Å²) in [4.78, 5) is 23.7. The molecule has 92 valence electrons. The summed E-state index contributed by atoms with van der Waals surface area (Å²) in [6.07, 6.45) is 1.95. The number of carbonyl (C=O) groups is 2. The summed E-state index contributed by atoms with van der Waals surface area (Å²) in [5, 5.41) is 18.3. The first kappa shape index (κ1) is 13.0. The average Bonchev–Trinajstić information content (AvgIpc) is 2.35. The van der Waals surface area contributed by atoms with Crippen molar-refractivity contribution >= 4 is 11.9 Å². The third-order valence-corrected chi connectivity index (χ3v) is 2.97. The van der Waals surface area contributed by atoms with Gasteiger partial charge in [-0.25, -0.2) is 0 Å². The highest BCUT2D eigenvalue weighted by molar-refractivity contribution is 5.80. The molecule has 0 aromatic carbocycles. The summed E-state index contributed by atoms with van der Waals surface area (Å²) in [7, 11) is 0. The minimum absolute atomic E-state index is 0.0531. The Morgan fingerprint density at radius 3 is 2.56 bits per heavy atom. The van der Waals surface area contributed by atoms with Crippen LogP contribution < -0.4 is 0 Å². The lowest BCUT2D eigenvalue weighted by Gasteiger charge is -2.22. The van der Waals surface area contributed by atoms with Crippen molar-refractivity contribution in [3.05, 3.63) is 0 Å². The molecule has 1 fully saturated rings. The van der Waals surface area contributed by atoms with Gasteiger partial charge in [-0.3, -0.25) is 9.59 Å². The van der Waals surface area contributed by atoms with E-state index in [2.05, 4.69) is 0 Å². The van der Waals surface area contributed by atoms with Crippen molar-refractivity contribution in [2.75, 3.05) is 13.1 Å². The lowest BCUT2D eigenvalue weighted by Crippen LogP contribution is -2.33. The standard InChI is InChI=1S/C11H19NO4/c1-11(16)5-2-7-12(8-6-11)9(13)3-4-10(14)15/h16H,2-8H2,1H3,(H,14,15). The second-order valence-corrected chi connectivity index (χ2v) is 4.63. The Morgan fingerprint density at radius 2 is 1.94 bits per heavy atom. The zero-order valence-corrected chi connectivity index (χ0v) is 9.61. The fraction of sp³-hybridized carbons (Fsp3) is 0.818. The number of carboxylic acids is 1. The Kier molecular flexibility index (Phi) is 4.29. The average molecular weight is 229 g/mol. The van der Waals surface area contributed by atoms with Crippen molar-refractivity contribution in [3.8, 4) is 0 Å². The lowest BCUT2D eigenvalue weighted by atomic mass is 9.98. The van der Waals surface area contributed by atoms with Gasteiger partial charge < -0.3 is 15.1 Å². The number of hydrogen-bond donors (Lipinski definition) is 2. The number of hydrogen-bond acceptors (Lipinski definition) is 3. The van der Waals surface area contributed by atoms with Gasteiger partial charge in [0.25, 0.3) is 0 Å². The number of likely N-dealkylation sites (tertiary alicyclic amines) is 1. The van der Waals surface area contributed by atoms with Crippen LogP contribution in [0, 0.1) is 0 Å². The summed E-state index contributed by atoms with van der Waals surface area (Å²) < 4.78 is 0. The van der Waals surface area contributed by atoms with Crippen molar-refractivity contribution < 1.29 is 19.8 Å². The largest absolute Gasteiger partial charge is 0.481 e. The third-order valence-electron chi connectivity index (χ3n) is 2.97. The van der Waals surface area contributed by atoms with Crippen molar-refractivity contribution in [2.45, 2.75) is 44.6 Å². The molecule has 0 aromatic rings. The summed E-state index contributed by atoms with van der Waals surface area (Å²) >= 11 is 0. The van der Waals surface area contributed by atoms with E-state index >= 15 is 0 Å². The number of aliphatic carboxylic acids is 1. The minimum Gasteiger partial charge on any atom is -0.481 e. The number of carbonyl (C=O) groups excluding carboxylic acids is 1. The molecule has 1 heterocycles. The van der Waals surface area contributed by atoms with E-state index in [1.54, 1.807) is 11.8 Å². The highest BCUT2D eigenvalue weighted by Gasteiger charge is 2.26. The number of nitrogens with zero attached hydrogens (tertiary/aromatic N) is 1. The number of amides is 1. The second kappa shape index (κ2) is 5.30. The van der Waals surface area contributed by atoms with Gasteiger partial charge in [-0.05, 0) is 26.2 Å². The van der Waals surface area contributed by atoms with E-state index in [9.17, 15) is 14.7 Å². The Bertz CT molecular complexity index is 275. The van der Waals surface area contributed by atoms with Crippen LogP contribution in [0.25, 0.3) is 0 Å². The first-order valence-electron chi connectivity index (χ1n) is 5.63. The summed E-state index contributed by atoms with van der Waals surface area (Å²) in [5.41, 5.74) is -0.693. The highest BCUT2D eigenvalue weighted by Crippen LogP contribution is 2.21. The predicted octanol–water partition coefficient (Wildman–Crippen LogP) is 0.615. The smallest absolute Gasteiger partial charge is 0.303 e. The minimum atomic E-state index is -0.949. The van der Waals surface area contributed by atoms with Crippen LogP contribution in [0.15, 0.2) is 0 Å². The lowest BCUT2D eigenvalue weighted by molar-refractivity contribution is -0.141. The van der Waals surface area contributed by atoms with Gasteiger partial charge in [0.05, 0.1) is 12.0 Å². The SMILES string of the molecule is CC1(O)CCCN(C(=O)CCC(=O)O)CC1. The number of aliphatic hydroxyl groups is 1. The van der Waals surface area contributed by atoms with Crippen LogP contribution in [0.2, 0.25) is 0 Å². The van der Waals surface area contributed by atoms with Gasteiger partial charge in [-0.15, -0.1) is 0 Å². The molecule has 0 bridgehead atoms. The second-order valence-electron chi connectivity index (χ2n) is 4.63. The predicted molar refractivity (Wildman–Crippen MR) is 57.9 cm³/mol. The maximum atomic E-state index is 11.6. The van der Waals surface area contributed by atoms with Gasteiger partial charge in [0, 0.05) is 19.5 Å². The molecule has 5 heteroatoms. The molecular formula is C11H19NO4. The van der Waals surface area contributed by atoms with Crippen LogP contribution in [0.3, 0.4) is 0 Å². The van der Waals surface area contributed by atoms with E-state index in [0.29, 0.717) is 25.9 Å². The monoisotopic (exact) mass is 229 g/mol. The van der Waals surface area contributed by atoms with Crippen LogP contribution in [-0.2, 0) is 9.59 Å². The first-order chi connectivity index (χ1) is 7.41. The Balaban J connectivity index is 2.42. The molecule has 16 heavy (non-hydrogen) atoms. The van der Waals surface area contributed by atoms with Gasteiger partial charge in [0.1, 0.15) is 0 Å². The van der Waals surface area contributed by atoms with Gasteiger partial charge >= 0.3 is 5.97 Å². The van der Waals surface area contributed by atoms with Crippen molar-refractivity contribution in [1.82, 2.24) is 4.90 Å². The molecular weight excluding hydrogens is 210 g/mol. The third kappa shape index (κ3) is 4.18. The quantitative estimate of drug-likeness (QED) is 0.743. The molecule has 1 unspecified atom stereocenters. The molecule has 1 saturated heterocycles. The first-order valence-corrected chi connectivity index (χ1v) is 5.63. The van der Waals surface area contributed by atoms with Gasteiger partial charge in [0.2, 0.25) is 5.91 Å². The summed E-state index contributed by atoms with van der Waals surface area (Å²) in [6, 6.07) is 0. The molecule has 1 aliphatic heterocycles. The van der Waals surface area contributed by atoms with Crippen LogP contribution in [-0.4, -0.2) is 45.7 Å². The van der Waals surface area contributed by atoms with Crippen LogP contribution in [0.4, 0.5) is 0 Å². The normalized spacial score (nSPS) is 26.2. The van der Waals surface area contributed by atoms with Gasteiger partial charge in [-0.1, -0.05) is 0 Å². The fourth-order valence-electron chi connectivity index (χ4n) is 1.88. The van der Waals surface area contributed by atoms with Gasteiger partial charge in [0.15, 0.2) is 0 Å². The fourth-order valence-corrected chi connectivity index (χ4v) is 1.88. The molecule has 1 amide bonds. The molecule has 2 N–H and O–H groups in total. The number of carboxylic acid groups (broad SMARTS) is 1.